The van der Waals surface area contributed by atoms with Crippen LogP contribution in [-0.4, -0.2) is 43.5 Å². The van der Waals surface area contributed by atoms with Crippen molar-refractivity contribution in [1.29, 1.82) is 0 Å². The maximum absolute atomic E-state index is 4.41. The van der Waals surface area contributed by atoms with Crippen LogP contribution < -0.4 is 10.6 Å². The molecular formula is C17H32N4. The van der Waals surface area contributed by atoms with Gasteiger partial charge in [-0.3, -0.25) is 9.89 Å². The van der Waals surface area contributed by atoms with E-state index in [4.69, 9.17) is 0 Å². The van der Waals surface area contributed by atoms with Crippen molar-refractivity contribution in [2.75, 3.05) is 20.1 Å². The van der Waals surface area contributed by atoms with Crippen LogP contribution in [-0.2, 0) is 0 Å². The number of nitrogens with zero attached hydrogens (tertiary/aromatic N) is 2. The monoisotopic (exact) mass is 292 g/mol. The molecule has 2 N–H and O–H groups in total. The van der Waals surface area contributed by atoms with Gasteiger partial charge < -0.3 is 10.6 Å². The molecule has 21 heavy (non-hydrogen) atoms. The van der Waals surface area contributed by atoms with E-state index in [9.17, 15) is 0 Å². The lowest BCUT2D eigenvalue weighted by molar-refractivity contribution is 0.129. The first-order valence-electron chi connectivity index (χ1n) is 8.37. The summed E-state index contributed by atoms with van der Waals surface area (Å²) in [6, 6.07) is 0.730. The van der Waals surface area contributed by atoms with Crippen molar-refractivity contribution in [2.24, 2.45) is 10.4 Å². The van der Waals surface area contributed by atoms with Gasteiger partial charge in [-0.05, 0) is 44.7 Å². The molecule has 4 nitrogen and oxygen atoms in total. The van der Waals surface area contributed by atoms with Gasteiger partial charge in [-0.2, -0.15) is 0 Å². The Bertz CT molecular complexity index is 377. The Kier molecular flexibility index (Phi) is 5.82. The predicted molar refractivity (Wildman–Crippen MR) is 90.5 cm³/mol. The third-order valence-electron chi connectivity index (χ3n) is 4.48. The van der Waals surface area contributed by atoms with Crippen molar-refractivity contribution >= 4 is 6.21 Å². The second-order valence-electron chi connectivity index (χ2n) is 7.63. The number of hydrogen-bond acceptors (Lipinski definition) is 4. The number of aliphatic imine (C=N–C) groups is 1. The minimum atomic E-state index is 0.256. The average molecular weight is 292 g/mol. The molecule has 1 heterocycles. The van der Waals surface area contributed by atoms with Crippen molar-refractivity contribution in [3.63, 3.8) is 0 Å². The summed E-state index contributed by atoms with van der Waals surface area (Å²) in [7, 11) is 2.20. The predicted octanol–water partition coefficient (Wildman–Crippen LogP) is 2.73. The molecule has 1 aliphatic carbocycles. The highest BCUT2D eigenvalue weighted by Gasteiger charge is 2.27. The van der Waals surface area contributed by atoms with E-state index in [0.717, 1.165) is 19.1 Å². The minimum absolute atomic E-state index is 0.256. The first kappa shape index (κ1) is 16.5. The number of hydrogen-bond donors (Lipinski definition) is 2. The third kappa shape index (κ3) is 5.44. The highest BCUT2D eigenvalue weighted by atomic mass is 15.3. The van der Waals surface area contributed by atoms with Gasteiger partial charge in [0.05, 0.1) is 0 Å². The van der Waals surface area contributed by atoms with Crippen LogP contribution in [0, 0.1) is 5.41 Å². The highest BCUT2D eigenvalue weighted by molar-refractivity contribution is 5.66. The van der Waals surface area contributed by atoms with Crippen molar-refractivity contribution in [3.8, 4) is 0 Å². The zero-order valence-electron chi connectivity index (χ0n) is 14.2. The van der Waals surface area contributed by atoms with Crippen LogP contribution >= 0.6 is 0 Å². The fourth-order valence-corrected chi connectivity index (χ4v) is 2.77. The molecule has 1 saturated carbocycles. The summed E-state index contributed by atoms with van der Waals surface area (Å²) < 4.78 is 0. The van der Waals surface area contributed by atoms with Crippen molar-refractivity contribution in [2.45, 2.75) is 65.1 Å². The summed E-state index contributed by atoms with van der Waals surface area (Å²) in [5.41, 5.74) is 1.63. The molecule has 0 aromatic carbocycles. The molecule has 2 aliphatic rings. The molecule has 0 bridgehead atoms. The van der Waals surface area contributed by atoms with Crippen LogP contribution in [0.3, 0.4) is 0 Å². The first-order chi connectivity index (χ1) is 9.96. The molecule has 0 aromatic heterocycles. The lowest BCUT2D eigenvalue weighted by atomic mass is 9.91. The Labute approximate surface area is 130 Å². The molecule has 1 unspecified atom stereocenters. The SMILES string of the molecule is CN(C1CCC1)C1C=NC=C(CNCCCC(C)(C)C)N1. The molecule has 1 fully saturated rings. The smallest absolute Gasteiger partial charge is 0.116 e. The molecule has 0 amide bonds. The Hall–Kier alpha value is -0.870. The summed E-state index contributed by atoms with van der Waals surface area (Å²) in [5.74, 6) is 0. The fourth-order valence-electron chi connectivity index (χ4n) is 2.77. The van der Waals surface area contributed by atoms with Gasteiger partial charge >= 0.3 is 0 Å². The van der Waals surface area contributed by atoms with Crippen molar-refractivity contribution < 1.29 is 0 Å². The summed E-state index contributed by atoms with van der Waals surface area (Å²) in [6.07, 6.45) is 10.7. The molecular weight excluding hydrogens is 260 g/mol. The normalized spacial score (nSPS) is 22.9. The lowest BCUT2D eigenvalue weighted by Gasteiger charge is -2.40. The first-order valence-corrected chi connectivity index (χ1v) is 8.37. The van der Waals surface area contributed by atoms with Crippen LogP contribution in [0.5, 0.6) is 0 Å². The van der Waals surface area contributed by atoms with Gasteiger partial charge in [0.2, 0.25) is 0 Å². The van der Waals surface area contributed by atoms with Crippen LogP contribution in [0.4, 0.5) is 0 Å². The van der Waals surface area contributed by atoms with E-state index in [1.165, 1.54) is 37.8 Å². The molecule has 0 aromatic rings. The zero-order valence-corrected chi connectivity index (χ0v) is 14.2. The zero-order chi connectivity index (χ0) is 15.3. The van der Waals surface area contributed by atoms with Crippen LogP contribution in [0.1, 0.15) is 52.9 Å². The maximum atomic E-state index is 4.41. The summed E-state index contributed by atoms with van der Waals surface area (Å²) in [5, 5.41) is 7.11. The third-order valence-corrected chi connectivity index (χ3v) is 4.48. The summed E-state index contributed by atoms with van der Waals surface area (Å²) in [6.45, 7) is 8.86. The van der Waals surface area contributed by atoms with Gasteiger partial charge in [0.25, 0.3) is 0 Å². The molecule has 0 radical (unpaired) electrons. The number of rotatable bonds is 7. The minimum Gasteiger partial charge on any atom is -0.366 e. The highest BCUT2D eigenvalue weighted by Crippen LogP contribution is 2.24. The summed E-state index contributed by atoms with van der Waals surface area (Å²) in [4.78, 5) is 6.83. The lowest BCUT2D eigenvalue weighted by Crippen LogP contribution is -2.53. The van der Waals surface area contributed by atoms with Gasteiger partial charge in [0.1, 0.15) is 6.17 Å². The summed E-state index contributed by atoms with van der Waals surface area (Å²) >= 11 is 0. The molecule has 2 rings (SSSR count). The van der Waals surface area contributed by atoms with E-state index < -0.39 is 0 Å². The van der Waals surface area contributed by atoms with Crippen LogP contribution in [0.2, 0.25) is 0 Å². The average Bonchev–Trinajstić information content (AvgIpc) is 2.35. The Morgan fingerprint density at radius 2 is 2.14 bits per heavy atom. The van der Waals surface area contributed by atoms with E-state index in [1.54, 1.807) is 0 Å². The second kappa shape index (κ2) is 7.41. The van der Waals surface area contributed by atoms with E-state index in [-0.39, 0.29) is 6.17 Å². The van der Waals surface area contributed by atoms with Crippen LogP contribution in [0.15, 0.2) is 16.9 Å². The van der Waals surface area contributed by atoms with E-state index >= 15 is 0 Å². The van der Waals surface area contributed by atoms with Gasteiger partial charge in [-0.15, -0.1) is 0 Å². The molecule has 0 saturated heterocycles. The molecule has 120 valence electrons. The Morgan fingerprint density at radius 3 is 2.76 bits per heavy atom. The molecule has 1 atom stereocenters. The van der Waals surface area contributed by atoms with E-state index in [0.29, 0.717) is 5.41 Å². The van der Waals surface area contributed by atoms with E-state index in [1.807, 2.05) is 12.4 Å². The van der Waals surface area contributed by atoms with Gasteiger partial charge in [0.15, 0.2) is 0 Å². The van der Waals surface area contributed by atoms with Crippen molar-refractivity contribution in [1.82, 2.24) is 15.5 Å². The van der Waals surface area contributed by atoms with Gasteiger partial charge in [-0.25, -0.2) is 0 Å². The topological polar surface area (TPSA) is 39.7 Å². The maximum Gasteiger partial charge on any atom is 0.116 e. The fraction of sp³-hybridized carbons (Fsp3) is 0.824. The Morgan fingerprint density at radius 1 is 1.38 bits per heavy atom. The number of nitrogens with one attached hydrogen (secondary N) is 2. The van der Waals surface area contributed by atoms with Crippen LogP contribution in [0.25, 0.3) is 0 Å². The quantitative estimate of drug-likeness (QED) is 0.709. The largest absolute Gasteiger partial charge is 0.366 e. The standard InChI is InChI=1S/C17H32N4/c1-17(2,3)9-6-10-18-11-14-12-19-13-16(20-14)21(4)15-7-5-8-15/h12-13,15-16,18,20H,5-11H2,1-4H3. The van der Waals surface area contributed by atoms with Gasteiger partial charge in [0, 0.05) is 30.7 Å². The molecule has 0 spiro atoms. The molecule has 4 heteroatoms. The molecule has 1 aliphatic heterocycles. The van der Waals surface area contributed by atoms with E-state index in [2.05, 4.69) is 48.3 Å². The second-order valence-corrected chi connectivity index (χ2v) is 7.63. The Balaban J connectivity index is 1.65. The van der Waals surface area contributed by atoms with Gasteiger partial charge in [-0.1, -0.05) is 27.2 Å². The van der Waals surface area contributed by atoms with Crippen molar-refractivity contribution in [3.05, 3.63) is 11.9 Å².